The number of hydrogen-bond acceptors (Lipinski definition) is 1. The number of benzene rings is 2. The standard InChI is InChI=1S/C23H34OSi/c1-5-6-7-8-15-20-24-25(23(2,3)4,21-16-11-9-12-17-21)22-18-13-10-14-19-22/h9-14,16-19H,5-8,15,20H2,1-4H3. The third-order valence-corrected chi connectivity index (χ3v) is 10.0. The van der Waals surface area contributed by atoms with Crippen LogP contribution in [0.2, 0.25) is 5.04 Å². The van der Waals surface area contributed by atoms with E-state index >= 15 is 0 Å². The van der Waals surface area contributed by atoms with Gasteiger partial charge in [-0.3, -0.25) is 0 Å². The second-order valence-corrected chi connectivity index (χ2v) is 12.2. The second kappa shape index (κ2) is 9.35. The van der Waals surface area contributed by atoms with E-state index in [-0.39, 0.29) is 5.04 Å². The van der Waals surface area contributed by atoms with Gasteiger partial charge >= 0.3 is 0 Å². The number of rotatable bonds is 9. The summed E-state index contributed by atoms with van der Waals surface area (Å²) >= 11 is 0. The van der Waals surface area contributed by atoms with Gasteiger partial charge in [0.05, 0.1) is 0 Å². The van der Waals surface area contributed by atoms with Gasteiger partial charge in [-0.15, -0.1) is 0 Å². The van der Waals surface area contributed by atoms with Gasteiger partial charge in [0.15, 0.2) is 0 Å². The molecule has 0 spiro atoms. The van der Waals surface area contributed by atoms with E-state index < -0.39 is 8.32 Å². The zero-order valence-electron chi connectivity index (χ0n) is 16.4. The highest BCUT2D eigenvalue weighted by Crippen LogP contribution is 2.36. The van der Waals surface area contributed by atoms with Crippen molar-refractivity contribution in [2.75, 3.05) is 6.61 Å². The van der Waals surface area contributed by atoms with Crippen molar-refractivity contribution < 1.29 is 4.43 Å². The molecule has 2 rings (SSSR count). The molecular formula is C23H34OSi. The Bertz CT molecular complexity index is 561. The smallest absolute Gasteiger partial charge is 0.261 e. The van der Waals surface area contributed by atoms with E-state index in [1.807, 2.05) is 0 Å². The first-order valence-electron chi connectivity index (χ1n) is 9.77. The molecule has 0 atom stereocenters. The van der Waals surface area contributed by atoms with Gasteiger partial charge in [0.25, 0.3) is 8.32 Å². The minimum absolute atomic E-state index is 0.0825. The van der Waals surface area contributed by atoms with Crippen LogP contribution in [-0.2, 0) is 4.43 Å². The summed E-state index contributed by atoms with van der Waals surface area (Å²) < 4.78 is 6.89. The summed E-state index contributed by atoms with van der Waals surface area (Å²) in [5.41, 5.74) is 0. The van der Waals surface area contributed by atoms with E-state index in [2.05, 4.69) is 88.4 Å². The van der Waals surface area contributed by atoms with Crippen molar-refractivity contribution in [2.45, 2.75) is 64.8 Å². The van der Waals surface area contributed by atoms with Gasteiger partial charge in [0.2, 0.25) is 0 Å². The molecule has 0 N–H and O–H groups in total. The van der Waals surface area contributed by atoms with E-state index in [4.69, 9.17) is 4.43 Å². The first-order valence-corrected chi connectivity index (χ1v) is 11.7. The maximum absolute atomic E-state index is 6.89. The monoisotopic (exact) mass is 354 g/mol. The highest BCUT2D eigenvalue weighted by Gasteiger charge is 2.49. The van der Waals surface area contributed by atoms with Crippen molar-refractivity contribution in [1.82, 2.24) is 0 Å². The van der Waals surface area contributed by atoms with E-state index in [1.165, 1.54) is 36.1 Å². The lowest BCUT2D eigenvalue weighted by molar-refractivity contribution is 0.286. The van der Waals surface area contributed by atoms with Gasteiger partial charge in [0.1, 0.15) is 0 Å². The van der Waals surface area contributed by atoms with Crippen molar-refractivity contribution in [3.05, 3.63) is 60.7 Å². The Morgan fingerprint density at radius 1 is 0.720 bits per heavy atom. The van der Waals surface area contributed by atoms with Crippen LogP contribution in [-0.4, -0.2) is 14.9 Å². The molecule has 2 aromatic rings. The lowest BCUT2D eigenvalue weighted by Gasteiger charge is -2.43. The van der Waals surface area contributed by atoms with Crippen LogP contribution in [0.1, 0.15) is 59.8 Å². The zero-order valence-corrected chi connectivity index (χ0v) is 17.4. The molecule has 0 aliphatic rings. The summed E-state index contributed by atoms with van der Waals surface area (Å²) in [6.45, 7) is 10.2. The minimum atomic E-state index is -2.32. The fraction of sp³-hybridized carbons (Fsp3) is 0.478. The molecule has 0 radical (unpaired) electrons. The highest BCUT2D eigenvalue weighted by atomic mass is 28.4. The Hall–Kier alpha value is -1.38. The van der Waals surface area contributed by atoms with E-state index in [1.54, 1.807) is 0 Å². The Morgan fingerprint density at radius 2 is 1.20 bits per heavy atom. The molecule has 0 aliphatic heterocycles. The largest absolute Gasteiger partial charge is 0.407 e. The van der Waals surface area contributed by atoms with E-state index in [0.29, 0.717) is 0 Å². The van der Waals surface area contributed by atoms with Crippen LogP contribution in [0.3, 0.4) is 0 Å². The Morgan fingerprint density at radius 3 is 1.64 bits per heavy atom. The number of hydrogen-bond donors (Lipinski definition) is 0. The maximum atomic E-state index is 6.89. The summed E-state index contributed by atoms with van der Waals surface area (Å²) in [6, 6.07) is 21.9. The van der Waals surface area contributed by atoms with Gasteiger partial charge in [-0.1, -0.05) is 114 Å². The lowest BCUT2D eigenvalue weighted by Crippen LogP contribution is -2.66. The molecule has 2 heteroatoms. The molecule has 1 nitrogen and oxygen atoms in total. The van der Waals surface area contributed by atoms with Gasteiger partial charge in [-0.25, -0.2) is 0 Å². The molecule has 136 valence electrons. The molecule has 25 heavy (non-hydrogen) atoms. The minimum Gasteiger partial charge on any atom is -0.407 e. The van der Waals surface area contributed by atoms with Crippen LogP contribution in [0.15, 0.2) is 60.7 Å². The first kappa shape index (κ1) is 19.9. The van der Waals surface area contributed by atoms with Gasteiger partial charge < -0.3 is 4.43 Å². The van der Waals surface area contributed by atoms with Crippen LogP contribution in [0.4, 0.5) is 0 Å². The summed E-state index contributed by atoms with van der Waals surface area (Å²) in [6.07, 6.45) is 6.37. The third kappa shape index (κ3) is 4.83. The molecule has 0 amide bonds. The predicted octanol–water partition coefficient (Wildman–Crippen LogP) is 5.53. The lowest BCUT2D eigenvalue weighted by atomic mass is 10.2. The van der Waals surface area contributed by atoms with Crippen LogP contribution in [0.5, 0.6) is 0 Å². The molecule has 0 heterocycles. The topological polar surface area (TPSA) is 9.23 Å². The average Bonchev–Trinajstić information content (AvgIpc) is 2.62. The predicted molar refractivity (Wildman–Crippen MR) is 112 cm³/mol. The van der Waals surface area contributed by atoms with Crippen LogP contribution >= 0.6 is 0 Å². The first-order chi connectivity index (χ1) is 12.0. The van der Waals surface area contributed by atoms with Gasteiger partial charge in [0, 0.05) is 6.61 Å². The number of unbranched alkanes of at least 4 members (excludes halogenated alkanes) is 4. The molecule has 2 aromatic carbocycles. The Balaban J connectivity index is 2.33. The normalized spacial score (nSPS) is 12.3. The summed E-state index contributed by atoms with van der Waals surface area (Å²) in [5.74, 6) is 0. The third-order valence-electron chi connectivity index (χ3n) is 4.98. The van der Waals surface area contributed by atoms with Crippen molar-refractivity contribution in [3.63, 3.8) is 0 Å². The summed E-state index contributed by atoms with van der Waals surface area (Å²) in [5, 5.41) is 2.84. The molecular weight excluding hydrogens is 320 g/mol. The van der Waals surface area contributed by atoms with Gasteiger partial charge in [-0.05, 0) is 21.8 Å². The maximum Gasteiger partial charge on any atom is 0.261 e. The molecule has 0 aromatic heterocycles. The average molecular weight is 355 g/mol. The molecule has 0 saturated heterocycles. The van der Waals surface area contributed by atoms with Crippen LogP contribution < -0.4 is 10.4 Å². The molecule has 0 aliphatic carbocycles. The molecule has 0 saturated carbocycles. The van der Waals surface area contributed by atoms with E-state index in [0.717, 1.165) is 13.0 Å². The van der Waals surface area contributed by atoms with Crippen molar-refractivity contribution in [2.24, 2.45) is 0 Å². The van der Waals surface area contributed by atoms with Crippen molar-refractivity contribution in [3.8, 4) is 0 Å². The Labute approximate surface area is 155 Å². The van der Waals surface area contributed by atoms with Crippen LogP contribution in [0.25, 0.3) is 0 Å². The van der Waals surface area contributed by atoms with Gasteiger partial charge in [-0.2, -0.15) is 0 Å². The molecule has 0 unspecified atom stereocenters. The highest BCUT2D eigenvalue weighted by molar-refractivity contribution is 6.99. The molecule has 0 bridgehead atoms. The SMILES string of the molecule is CCCCCCCO[Si](c1ccccc1)(c1ccccc1)C(C)(C)C. The fourth-order valence-corrected chi connectivity index (χ4v) is 8.30. The van der Waals surface area contributed by atoms with Crippen molar-refractivity contribution in [1.29, 1.82) is 0 Å². The van der Waals surface area contributed by atoms with E-state index in [9.17, 15) is 0 Å². The Kier molecular flexibility index (Phi) is 7.46. The quantitative estimate of drug-likeness (QED) is 0.425. The fourth-order valence-electron chi connectivity index (χ4n) is 3.69. The zero-order chi connectivity index (χ0) is 18.2. The van der Waals surface area contributed by atoms with Crippen molar-refractivity contribution >= 4 is 18.7 Å². The summed E-state index contributed by atoms with van der Waals surface area (Å²) in [4.78, 5) is 0. The second-order valence-electron chi connectivity index (χ2n) is 7.93. The summed E-state index contributed by atoms with van der Waals surface area (Å²) in [7, 11) is -2.32. The van der Waals surface area contributed by atoms with Crippen LogP contribution in [0, 0.1) is 0 Å². The molecule has 0 fully saturated rings.